The zero-order valence-electron chi connectivity index (χ0n) is 44.3. The van der Waals surface area contributed by atoms with E-state index in [4.69, 9.17) is 47.6 Å². The highest BCUT2D eigenvalue weighted by Gasteiger charge is 2.66. The summed E-state index contributed by atoms with van der Waals surface area (Å²) >= 11 is 0. The van der Waals surface area contributed by atoms with Crippen molar-refractivity contribution in [2.24, 2.45) is 11.8 Å². The van der Waals surface area contributed by atoms with Crippen molar-refractivity contribution < 1.29 is 52.7 Å². The molecule has 15 atom stereocenters. The number of piperidine rings is 2. The van der Waals surface area contributed by atoms with Gasteiger partial charge < -0.3 is 43.0 Å². The molecule has 1 N–H and O–H groups in total. The molecule has 0 aromatic heterocycles. The van der Waals surface area contributed by atoms with Crippen molar-refractivity contribution in [2.75, 3.05) is 39.6 Å². The van der Waals surface area contributed by atoms with Crippen LogP contribution >= 0.6 is 0 Å². The Bertz CT molecular complexity index is 1970. The van der Waals surface area contributed by atoms with E-state index in [0.29, 0.717) is 45.7 Å². The zero-order chi connectivity index (χ0) is 49.4. The normalized spacial score (nSPS) is 39.2. The van der Waals surface area contributed by atoms with Gasteiger partial charge in [0.2, 0.25) is 0 Å². The molecule has 8 rings (SSSR count). The van der Waals surface area contributed by atoms with Gasteiger partial charge in [0, 0.05) is 42.2 Å². The van der Waals surface area contributed by atoms with Gasteiger partial charge >= 0.3 is 0 Å². The number of aliphatic hydroxyl groups excluding tert-OH is 1. The van der Waals surface area contributed by atoms with E-state index in [0.717, 1.165) is 87.2 Å². The second-order valence-corrected chi connectivity index (χ2v) is 22.6. The number of ether oxygens (including phenoxy) is 8. The summed E-state index contributed by atoms with van der Waals surface area (Å²) in [6.45, 7) is 30.7. The van der Waals surface area contributed by atoms with Crippen molar-refractivity contribution in [3.63, 3.8) is 0 Å². The Morgan fingerprint density at radius 3 is 1.42 bits per heavy atom. The van der Waals surface area contributed by atoms with Crippen molar-refractivity contribution in [3.8, 4) is 11.5 Å². The van der Waals surface area contributed by atoms with Crippen molar-refractivity contribution in [2.45, 2.75) is 230 Å². The van der Waals surface area contributed by atoms with Crippen LogP contribution in [0.25, 0.3) is 0 Å². The van der Waals surface area contributed by atoms with E-state index in [1.807, 2.05) is 24.3 Å². The molecule has 2 aromatic carbocycles. The van der Waals surface area contributed by atoms with Crippen LogP contribution in [0.3, 0.4) is 0 Å². The molecule has 2 spiro atoms. The van der Waals surface area contributed by atoms with Gasteiger partial charge in [0.1, 0.15) is 49.1 Å². The van der Waals surface area contributed by atoms with Crippen LogP contribution in [0.15, 0.2) is 48.5 Å². The number of aliphatic hydroxyl groups is 1. The molecule has 0 radical (unpaired) electrons. The maximum atomic E-state index is 11.4. The summed E-state index contributed by atoms with van der Waals surface area (Å²) in [4.78, 5) is 14.0. The third-order valence-electron chi connectivity index (χ3n) is 17.8. The van der Waals surface area contributed by atoms with Crippen LogP contribution in [0.5, 0.6) is 11.5 Å². The average Bonchev–Trinajstić information content (AvgIpc) is 4.30. The minimum atomic E-state index is -0.768. The van der Waals surface area contributed by atoms with Crippen LogP contribution in [-0.2, 0) is 38.1 Å². The van der Waals surface area contributed by atoms with Crippen LogP contribution in [-0.4, -0.2) is 119 Å². The lowest BCUT2D eigenvalue weighted by Gasteiger charge is -2.62. The fourth-order valence-electron chi connectivity index (χ4n) is 12.0. The van der Waals surface area contributed by atoms with Crippen LogP contribution in [0.2, 0.25) is 0 Å². The highest BCUT2D eigenvalue weighted by atomic mass is 16.8. The van der Waals surface area contributed by atoms with Gasteiger partial charge in [-0.2, -0.15) is 10.1 Å². The molecule has 6 heterocycles. The van der Waals surface area contributed by atoms with Gasteiger partial charge in [-0.05, 0) is 115 Å². The van der Waals surface area contributed by atoms with E-state index in [-0.39, 0.29) is 70.6 Å². The molecule has 0 aliphatic carbocycles. The molecule has 388 valence electrons. The van der Waals surface area contributed by atoms with E-state index in [2.05, 4.69) is 117 Å². The number of hydrogen-bond acceptors (Lipinski definition) is 13. The fourth-order valence-corrected chi connectivity index (χ4v) is 12.0. The third kappa shape index (κ3) is 11.1. The van der Waals surface area contributed by atoms with E-state index >= 15 is 0 Å². The molecule has 6 fully saturated rings. The second kappa shape index (κ2) is 21.2. The third-order valence-corrected chi connectivity index (χ3v) is 17.8. The first-order valence-electron chi connectivity index (χ1n) is 26.8. The molecular formula is C56H88N2O11. The maximum Gasteiger partial charge on any atom is 0.175 e. The Kier molecular flexibility index (Phi) is 16.3. The van der Waals surface area contributed by atoms with E-state index < -0.39 is 17.7 Å². The lowest BCUT2D eigenvalue weighted by Crippen LogP contribution is -2.71. The average molecular weight is 965 g/mol. The summed E-state index contributed by atoms with van der Waals surface area (Å²) in [7, 11) is 0. The highest BCUT2D eigenvalue weighted by Crippen LogP contribution is 2.57. The molecule has 6 aliphatic heterocycles. The Balaban J connectivity index is 0.812. The summed E-state index contributed by atoms with van der Waals surface area (Å²) in [5, 5.41) is 16.0. The standard InChI is InChI=1S/C56H88N2O11/c1-13-51(9)36-55(40(7)53(11,15-3)57(51)68-38(5)42-21-25-45(26-22-42)60-30-49-32-62-49)64-34-47(66-55)20-18-17-19-44(59)29-48-35-65-56(67-48)37-52(10,14-2)58(54(12,16-4)41(56)8)69-39(6)43-23-27-46(28-24-43)61-31-50-33-63-50/h21-28,38-41,44,47-50,59H,13-20,29-37H2,1-12H3. The number of unbranched alkanes of at least 4 members (excludes halogenated alkanes) is 1. The number of rotatable bonds is 23. The lowest BCUT2D eigenvalue weighted by atomic mass is 9.67. The Morgan fingerprint density at radius 1 is 0.594 bits per heavy atom. The topological polar surface area (TPSA) is 126 Å². The lowest BCUT2D eigenvalue weighted by molar-refractivity contribution is -0.380. The van der Waals surface area contributed by atoms with Gasteiger partial charge in [-0.3, -0.25) is 9.68 Å². The number of epoxide rings is 2. The largest absolute Gasteiger partial charge is 0.491 e. The molecule has 6 saturated heterocycles. The number of hydrogen-bond donors (Lipinski definition) is 1. The molecule has 15 unspecified atom stereocenters. The predicted molar refractivity (Wildman–Crippen MR) is 265 cm³/mol. The maximum absolute atomic E-state index is 11.4. The molecule has 6 aliphatic rings. The quantitative estimate of drug-likeness (QED) is 0.0840. The van der Waals surface area contributed by atoms with Gasteiger partial charge in [-0.15, -0.1) is 0 Å². The van der Waals surface area contributed by atoms with E-state index in [9.17, 15) is 5.11 Å². The van der Waals surface area contributed by atoms with Gasteiger partial charge in [-0.1, -0.05) is 78.6 Å². The van der Waals surface area contributed by atoms with Gasteiger partial charge in [0.15, 0.2) is 11.6 Å². The van der Waals surface area contributed by atoms with Crippen LogP contribution in [0.1, 0.15) is 177 Å². The molecule has 13 heteroatoms. The molecule has 69 heavy (non-hydrogen) atoms. The van der Waals surface area contributed by atoms with Crippen LogP contribution in [0.4, 0.5) is 0 Å². The van der Waals surface area contributed by atoms with Gasteiger partial charge in [0.05, 0.1) is 55.8 Å². The molecule has 0 amide bonds. The van der Waals surface area contributed by atoms with Crippen LogP contribution in [0, 0.1) is 11.8 Å². The molecule has 0 saturated carbocycles. The first kappa shape index (κ1) is 52.9. The predicted octanol–water partition coefficient (Wildman–Crippen LogP) is 10.8. The highest BCUT2D eigenvalue weighted by molar-refractivity contribution is 5.29. The summed E-state index contributed by atoms with van der Waals surface area (Å²) in [6.07, 6.45) is 8.34. The van der Waals surface area contributed by atoms with Gasteiger partial charge in [0.25, 0.3) is 0 Å². The van der Waals surface area contributed by atoms with E-state index in [1.165, 1.54) is 0 Å². The van der Waals surface area contributed by atoms with Crippen molar-refractivity contribution in [1.29, 1.82) is 0 Å². The minimum absolute atomic E-state index is 0.00423. The second-order valence-electron chi connectivity index (χ2n) is 22.6. The Morgan fingerprint density at radius 2 is 1.01 bits per heavy atom. The first-order valence-corrected chi connectivity index (χ1v) is 26.8. The number of benzene rings is 2. The number of nitrogens with zero attached hydrogens (tertiary/aromatic N) is 2. The smallest absolute Gasteiger partial charge is 0.175 e. The van der Waals surface area contributed by atoms with Crippen molar-refractivity contribution in [1.82, 2.24) is 10.1 Å². The number of hydroxylamine groups is 4. The summed E-state index contributed by atoms with van der Waals surface area (Å²) in [6, 6.07) is 16.5. The Hall–Kier alpha value is -2.40. The molecule has 2 aromatic rings. The van der Waals surface area contributed by atoms with Crippen molar-refractivity contribution >= 4 is 0 Å². The van der Waals surface area contributed by atoms with Crippen molar-refractivity contribution in [3.05, 3.63) is 59.7 Å². The SMILES string of the molecule is CCC1(C)CC2(OCC(CCCCC(O)CC3COC4(CC(C)(CC)N(OC(C)c5ccc(OCC6CO6)cc5)C(C)(CC)C4C)O3)O2)C(C)C(C)(CC)N1OC(C)c1ccc(OCC2CO2)cc1. The molecular weight excluding hydrogens is 877 g/mol. The van der Waals surface area contributed by atoms with Crippen LogP contribution < -0.4 is 9.47 Å². The monoisotopic (exact) mass is 965 g/mol. The van der Waals surface area contributed by atoms with E-state index in [1.54, 1.807) is 0 Å². The fraction of sp³-hybridized carbons (Fsp3) is 0.786. The summed E-state index contributed by atoms with van der Waals surface area (Å²) < 4.78 is 50.0. The first-order chi connectivity index (χ1) is 32.9. The molecule has 13 nitrogen and oxygen atoms in total. The Labute approximate surface area is 414 Å². The summed E-state index contributed by atoms with van der Waals surface area (Å²) in [5.74, 6) is 0.283. The summed E-state index contributed by atoms with van der Waals surface area (Å²) in [5.41, 5.74) is 0.823. The minimum Gasteiger partial charge on any atom is -0.491 e. The van der Waals surface area contributed by atoms with Gasteiger partial charge in [-0.25, -0.2) is 0 Å². The zero-order valence-corrected chi connectivity index (χ0v) is 44.3. The molecule has 0 bridgehead atoms.